The number of nitrogens with one attached hydrogen (secondary N) is 3. The second-order valence-corrected chi connectivity index (χ2v) is 6.61. The predicted octanol–water partition coefficient (Wildman–Crippen LogP) is 1.00. The van der Waals surface area contributed by atoms with Crippen molar-refractivity contribution in [1.29, 1.82) is 0 Å². The van der Waals surface area contributed by atoms with Gasteiger partial charge in [0.25, 0.3) is 5.91 Å². The largest absolute Gasteiger partial charge is 0.385 e. The second kappa shape index (κ2) is 13.6. The highest BCUT2D eigenvalue weighted by Crippen LogP contribution is 2.07. The molecule has 0 fully saturated rings. The van der Waals surface area contributed by atoms with Crippen LogP contribution in [0.25, 0.3) is 0 Å². The number of hydrogen-bond donors (Lipinski definition) is 3. The Morgan fingerprint density at radius 2 is 1.96 bits per heavy atom. The topological polar surface area (TPSA) is 78.0 Å². The molecule has 0 aliphatic heterocycles. The van der Waals surface area contributed by atoms with Crippen LogP contribution in [0.3, 0.4) is 0 Å². The number of rotatable bonds is 12. The van der Waals surface area contributed by atoms with Crippen molar-refractivity contribution in [2.45, 2.75) is 12.8 Å². The lowest BCUT2D eigenvalue weighted by Gasteiger charge is -2.18. The Morgan fingerprint density at radius 1 is 1.20 bits per heavy atom. The van der Waals surface area contributed by atoms with Crippen molar-refractivity contribution in [3.05, 3.63) is 22.4 Å². The van der Waals surface area contributed by atoms with Gasteiger partial charge in [-0.25, -0.2) is 0 Å². The number of carbonyl (C=O) groups is 1. The van der Waals surface area contributed by atoms with Crippen LogP contribution in [0, 0.1) is 0 Å². The molecule has 1 amide bonds. The molecule has 1 aromatic rings. The molecule has 0 saturated carbocycles. The number of thiophene rings is 1. The number of hydrogen-bond acceptors (Lipinski definition) is 5. The zero-order chi connectivity index (χ0) is 18.3. The van der Waals surface area contributed by atoms with Crippen molar-refractivity contribution in [3.63, 3.8) is 0 Å². The molecule has 7 nitrogen and oxygen atoms in total. The third-order valence-corrected chi connectivity index (χ3v) is 4.44. The number of amides is 1. The first-order valence-electron chi connectivity index (χ1n) is 8.61. The van der Waals surface area contributed by atoms with Crippen LogP contribution in [0.5, 0.6) is 0 Å². The quantitative estimate of drug-likeness (QED) is 0.291. The maximum absolute atomic E-state index is 11.8. The molecular weight excluding hydrogens is 338 g/mol. The van der Waals surface area contributed by atoms with Crippen LogP contribution in [0.1, 0.15) is 22.5 Å². The summed E-state index contributed by atoms with van der Waals surface area (Å²) in [6.45, 7) is 4.99. The van der Waals surface area contributed by atoms with Crippen LogP contribution >= 0.6 is 11.3 Å². The molecule has 1 heterocycles. The third-order valence-electron chi connectivity index (χ3n) is 3.57. The van der Waals surface area contributed by atoms with Gasteiger partial charge < -0.3 is 25.6 Å². The lowest BCUT2D eigenvalue weighted by Crippen LogP contribution is -2.42. The van der Waals surface area contributed by atoms with Crippen LogP contribution in [-0.2, 0) is 4.74 Å². The molecule has 1 rings (SSSR count). The molecule has 0 atom stereocenters. The summed E-state index contributed by atoms with van der Waals surface area (Å²) in [4.78, 5) is 19.0. The normalized spacial score (nSPS) is 11.6. The van der Waals surface area contributed by atoms with Gasteiger partial charge >= 0.3 is 0 Å². The van der Waals surface area contributed by atoms with E-state index in [-0.39, 0.29) is 5.91 Å². The van der Waals surface area contributed by atoms with Crippen LogP contribution < -0.4 is 16.0 Å². The van der Waals surface area contributed by atoms with E-state index in [9.17, 15) is 4.79 Å². The molecule has 25 heavy (non-hydrogen) atoms. The summed E-state index contributed by atoms with van der Waals surface area (Å²) < 4.78 is 5.06. The van der Waals surface area contributed by atoms with E-state index in [4.69, 9.17) is 4.74 Å². The fraction of sp³-hybridized carbons (Fsp3) is 0.647. The molecule has 8 heteroatoms. The van der Waals surface area contributed by atoms with E-state index in [0.717, 1.165) is 56.5 Å². The minimum absolute atomic E-state index is 0.00554. The van der Waals surface area contributed by atoms with E-state index >= 15 is 0 Å². The Bertz CT molecular complexity index is 493. The first kappa shape index (κ1) is 21.4. The summed E-state index contributed by atoms with van der Waals surface area (Å²) in [5, 5.41) is 11.4. The van der Waals surface area contributed by atoms with Gasteiger partial charge in [0.2, 0.25) is 0 Å². The monoisotopic (exact) mass is 369 g/mol. The van der Waals surface area contributed by atoms with Gasteiger partial charge in [0, 0.05) is 53.5 Å². The van der Waals surface area contributed by atoms with E-state index in [1.54, 1.807) is 14.2 Å². The predicted molar refractivity (Wildman–Crippen MR) is 105 cm³/mol. The average Bonchev–Trinajstić information content (AvgIpc) is 3.14. The number of guanidine groups is 1. The Hall–Kier alpha value is -1.64. The molecule has 0 aliphatic carbocycles. The SMILES string of the molecule is CN=C(NCCCNC(=O)c1cccs1)NCCN(C)CCCOC. The van der Waals surface area contributed by atoms with Gasteiger partial charge in [-0.15, -0.1) is 11.3 Å². The summed E-state index contributed by atoms with van der Waals surface area (Å²) in [6, 6.07) is 3.71. The fourth-order valence-electron chi connectivity index (χ4n) is 2.17. The number of likely N-dealkylation sites (N-methyl/N-ethyl adjacent to an activating group) is 1. The Morgan fingerprint density at radius 3 is 2.64 bits per heavy atom. The number of ether oxygens (including phenoxy) is 1. The van der Waals surface area contributed by atoms with E-state index in [1.807, 2.05) is 17.5 Å². The lowest BCUT2D eigenvalue weighted by molar-refractivity contribution is 0.0957. The van der Waals surface area contributed by atoms with Gasteiger partial charge in [-0.1, -0.05) is 6.07 Å². The highest BCUT2D eigenvalue weighted by molar-refractivity contribution is 7.12. The fourth-order valence-corrected chi connectivity index (χ4v) is 2.81. The number of methoxy groups -OCH3 is 1. The summed E-state index contributed by atoms with van der Waals surface area (Å²) in [7, 11) is 5.59. The second-order valence-electron chi connectivity index (χ2n) is 5.66. The molecule has 0 radical (unpaired) electrons. The first-order valence-corrected chi connectivity index (χ1v) is 9.49. The van der Waals surface area contributed by atoms with E-state index in [2.05, 4.69) is 32.9 Å². The highest BCUT2D eigenvalue weighted by atomic mass is 32.1. The van der Waals surface area contributed by atoms with Gasteiger partial charge in [-0.05, 0) is 31.3 Å². The van der Waals surface area contributed by atoms with Crippen molar-refractivity contribution in [2.75, 3.05) is 60.5 Å². The van der Waals surface area contributed by atoms with Gasteiger partial charge in [-0.2, -0.15) is 0 Å². The van der Waals surface area contributed by atoms with Gasteiger partial charge in [0.1, 0.15) is 0 Å². The van der Waals surface area contributed by atoms with Crippen molar-refractivity contribution < 1.29 is 9.53 Å². The molecule has 0 unspecified atom stereocenters. The standard InChI is InChI=1S/C17H31N5O2S/c1-18-17(21-10-12-22(2)11-6-13-24-3)20-9-5-8-19-16(23)15-7-4-14-25-15/h4,7,14H,5-6,8-13H2,1-3H3,(H,19,23)(H2,18,20,21). The van der Waals surface area contributed by atoms with Gasteiger partial charge in [0.15, 0.2) is 5.96 Å². The van der Waals surface area contributed by atoms with Crippen molar-refractivity contribution >= 4 is 23.2 Å². The minimum atomic E-state index is -0.00554. The minimum Gasteiger partial charge on any atom is -0.385 e. The van der Waals surface area contributed by atoms with E-state index in [0.29, 0.717) is 6.54 Å². The first-order chi connectivity index (χ1) is 12.2. The molecule has 3 N–H and O–H groups in total. The molecule has 0 aliphatic rings. The summed E-state index contributed by atoms with van der Waals surface area (Å²) >= 11 is 1.45. The molecule has 0 bridgehead atoms. The molecule has 0 spiro atoms. The molecule has 0 saturated heterocycles. The zero-order valence-corrected chi connectivity index (χ0v) is 16.3. The Balaban J connectivity index is 2.05. The van der Waals surface area contributed by atoms with Crippen LogP contribution in [0.15, 0.2) is 22.5 Å². The van der Waals surface area contributed by atoms with Crippen LogP contribution in [0.2, 0.25) is 0 Å². The summed E-state index contributed by atoms with van der Waals surface area (Å²) in [5.74, 6) is 0.781. The van der Waals surface area contributed by atoms with Gasteiger partial charge in [0.05, 0.1) is 4.88 Å². The summed E-state index contributed by atoms with van der Waals surface area (Å²) in [6.07, 6.45) is 1.88. The third kappa shape index (κ3) is 10.1. The molecule has 0 aromatic carbocycles. The van der Waals surface area contributed by atoms with Crippen molar-refractivity contribution in [2.24, 2.45) is 4.99 Å². The number of carbonyl (C=O) groups excluding carboxylic acids is 1. The maximum Gasteiger partial charge on any atom is 0.261 e. The number of aliphatic imine (C=N–C) groups is 1. The lowest BCUT2D eigenvalue weighted by atomic mass is 10.4. The highest BCUT2D eigenvalue weighted by Gasteiger charge is 2.05. The molecule has 142 valence electrons. The Kier molecular flexibility index (Phi) is 11.7. The van der Waals surface area contributed by atoms with Gasteiger partial charge in [-0.3, -0.25) is 9.79 Å². The van der Waals surface area contributed by atoms with E-state index in [1.165, 1.54) is 11.3 Å². The summed E-state index contributed by atoms with van der Waals surface area (Å²) in [5.41, 5.74) is 0. The van der Waals surface area contributed by atoms with Crippen molar-refractivity contribution in [3.8, 4) is 0 Å². The molecular formula is C17H31N5O2S. The molecule has 1 aromatic heterocycles. The van der Waals surface area contributed by atoms with Crippen molar-refractivity contribution in [1.82, 2.24) is 20.9 Å². The average molecular weight is 370 g/mol. The zero-order valence-electron chi connectivity index (χ0n) is 15.5. The maximum atomic E-state index is 11.8. The van der Waals surface area contributed by atoms with Crippen LogP contribution in [-0.4, -0.2) is 77.3 Å². The Labute approximate surface area is 154 Å². The van der Waals surface area contributed by atoms with E-state index < -0.39 is 0 Å². The smallest absolute Gasteiger partial charge is 0.261 e. The number of nitrogens with zero attached hydrogens (tertiary/aromatic N) is 2. The van der Waals surface area contributed by atoms with Crippen LogP contribution in [0.4, 0.5) is 0 Å².